The number of anilines is 1. The fourth-order valence-corrected chi connectivity index (χ4v) is 5.25. The van der Waals surface area contributed by atoms with Crippen LogP contribution in [0.4, 0.5) is 5.82 Å². The lowest BCUT2D eigenvalue weighted by Crippen LogP contribution is -2.40. The molecule has 1 aromatic heterocycles. The first-order valence-electron chi connectivity index (χ1n) is 11.3. The van der Waals surface area contributed by atoms with Gasteiger partial charge in [0.25, 0.3) is 10.0 Å². The zero-order valence-corrected chi connectivity index (χ0v) is 20.1. The molecule has 9 heteroatoms. The van der Waals surface area contributed by atoms with Crippen LogP contribution in [0.2, 0.25) is 0 Å². The molecule has 1 aliphatic heterocycles. The number of benzene rings is 3. The molecule has 3 aromatic carbocycles. The van der Waals surface area contributed by atoms with Crippen LogP contribution in [-0.4, -0.2) is 30.9 Å². The number of sulfonamides is 1. The third kappa shape index (κ3) is 4.76. The normalized spacial score (nSPS) is 15.8. The monoisotopic (exact) mass is 512 g/mol. The number of fused-ring (bicyclic) bond motifs is 1. The van der Waals surface area contributed by atoms with Gasteiger partial charge in [-0.15, -0.1) is 0 Å². The van der Waals surface area contributed by atoms with Crippen LogP contribution < -0.4 is 9.46 Å². The number of Topliss-reactive ketones (excluding diaryl/α,β-unsaturated/α-hetero) is 2. The Morgan fingerprint density at radius 2 is 1.51 bits per heavy atom. The minimum atomic E-state index is -3.97. The third-order valence-electron chi connectivity index (χ3n) is 6.03. The van der Waals surface area contributed by atoms with E-state index in [1.54, 1.807) is 60.7 Å². The van der Waals surface area contributed by atoms with E-state index in [1.165, 1.54) is 42.6 Å². The topological polar surface area (TPSA) is 120 Å². The Morgan fingerprint density at radius 1 is 0.838 bits per heavy atom. The Morgan fingerprint density at radius 3 is 2.22 bits per heavy atom. The second-order valence-corrected chi connectivity index (χ2v) is 10.0. The number of hydrogen-bond donors (Lipinski definition) is 1. The molecule has 8 nitrogen and oxygen atoms in total. The zero-order valence-electron chi connectivity index (χ0n) is 19.3. The van der Waals surface area contributed by atoms with Crippen molar-refractivity contribution in [1.82, 2.24) is 4.98 Å². The fourth-order valence-electron chi connectivity index (χ4n) is 4.24. The number of pyridine rings is 1. The first kappa shape index (κ1) is 24.1. The maximum Gasteiger partial charge on any atom is 0.323 e. The number of ketones is 2. The Kier molecular flexibility index (Phi) is 6.37. The quantitative estimate of drug-likeness (QED) is 0.170. The van der Waals surface area contributed by atoms with Crippen molar-refractivity contribution in [2.75, 3.05) is 4.72 Å². The highest BCUT2D eigenvalue weighted by atomic mass is 32.2. The SMILES string of the molecule is O=C1Oc2ccccc2C(=O)C1C(C(=O)c1ccccc1)c1ccc(S(=O)(=O)Nc2ccccn2)cc1. The number of hydrogen-bond acceptors (Lipinski definition) is 7. The summed E-state index contributed by atoms with van der Waals surface area (Å²) in [5, 5.41) is 0. The molecule has 0 saturated heterocycles. The summed E-state index contributed by atoms with van der Waals surface area (Å²) in [5.74, 6) is -4.20. The lowest BCUT2D eigenvalue weighted by Gasteiger charge is -2.28. The molecule has 0 radical (unpaired) electrons. The average molecular weight is 513 g/mol. The molecule has 0 saturated carbocycles. The second-order valence-electron chi connectivity index (χ2n) is 8.36. The van der Waals surface area contributed by atoms with E-state index in [2.05, 4.69) is 9.71 Å². The number of carbonyl (C=O) groups excluding carboxylic acids is 3. The van der Waals surface area contributed by atoms with Gasteiger partial charge in [0.1, 0.15) is 17.5 Å². The van der Waals surface area contributed by atoms with Crippen molar-refractivity contribution in [3.8, 4) is 5.75 Å². The smallest absolute Gasteiger partial charge is 0.323 e. The number of aromatic nitrogens is 1. The van der Waals surface area contributed by atoms with Gasteiger partial charge in [0.15, 0.2) is 11.6 Å². The van der Waals surface area contributed by atoms with E-state index in [1.807, 2.05) is 0 Å². The summed E-state index contributed by atoms with van der Waals surface area (Å²) in [5.41, 5.74) is 0.817. The van der Waals surface area contributed by atoms with Gasteiger partial charge >= 0.3 is 5.97 Å². The van der Waals surface area contributed by atoms with Gasteiger partial charge < -0.3 is 4.74 Å². The van der Waals surface area contributed by atoms with Crippen molar-refractivity contribution in [2.24, 2.45) is 5.92 Å². The number of esters is 1. The minimum Gasteiger partial charge on any atom is -0.425 e. The van der Waals surface area contributed by atoms with Crippen molar-refractivity contribution in [1.29, 1.82) is 0 Å². The van der Waals surface area contributed by atoms with Gasteiger partial charge in [-0.05, 0) is 42.0 Å². The molecule has 37 heavy (non-hydrogen) atoms. The third-order valence-corrected chi connectivity index (χ3v) is 7.40. The molecule has 0 bridgehead atoms. The molecule has 1 N–H and O–H groups in total. The van der Waals surface area contributed by atoms with E-state index in [-0.39, 0.29) is 22.0 Å². The predicted molar refractivity (Wildman–Crippen MR) is 135 cm³/mol. The van der Waals surface area contributed by atoms with Crippen molar-refractivity contribution in [3.63, 3.8) is 0 Å². The van der Waals surface area contributed by atoms with Crippen LogP contribution in [-0.2, 0) is 14.8 Å². The maximum atomic E-state index is 13.7. The van der Waals surface area contributed by atoms with Crippen LogP contribution in [0.5, 0.6) is 5.75 Å². The number of carbonyl (C=O) groups is 3. The average Bonchev–Trinajstić information content (AvgIpc) is 2.91. The summed E-state index contributed by atoms with van der Waals surface area (Å²) in [7, 11) is -3.97. The van der Waals surface area contributed by atoms with E-state index in [9.17, 15) is 22.8 Å². The van der Waals surface area contributed by atoms with Gasteiger partial charge in [-0.1, -0.05) is 60.7 Å². The Bertz CT molecular complexity index is 1590. The molecule has 4 aromatic rings. The molecule has 5 rings (SSSR count). The highest BCUT2D eigenvalue weighted by molar-refractivity contribution is 7.92. The standard InChI is InChI=1S/C28H20N2O6S/c31-26(19-8-2-1-3-9-19)24(25-27(32)21-10-4-5-11-22(21)36-28(25)33)18-13-15-20(16-14-18)37(34,35)30-23-12-6-7-17-29-23/h1-17,24-25H,(H,29,30). The first-order valence-corrected chi connectivity index (χ1v) is 12.8. The van der Waals surface area contributed by atoms with Gasteiger partial charge in [-0.2, -0.15) is 0 Å². The second kappa shape index (κ2) is 9.79. The summed E-state index contributed by atoms with van der Waals surface area (Å²) in [6, 6.07) is 25.0. The number of ether oxygens (including phenoxy) is 1. The van der Waals surface area contributed by atoms with Crippen LogP contribution >= 0.6 is 0 Å². The molecule has 1 aliphatic rings. The molecule has 0 amide bonds. The van der Waals surface area contributed by atoms with Gasteiger partial charge in [-0.25, -0.2) is 13.4 Å². The van der Waals surface area contributed by atoms with E-state index in [0.717, 1.165) is 0 Å². The maximum absolute atomic E-state index is 13.7. The van der Waals surface area contributed by atoms with Crippen molar-refractivity contribution in [3.05, 3.63) is 120 Å². The molecular formula is C28H20N2O6S. The summed E-state index contributed by atoms with van der Waals surface area (Å²) in [6.45, 7) is 0. The Hall–Kier alpha value is -4.63. The molecule has 0 fully saturated rings. The van der Waals surface area contributed by atoms with Crippen LogP contribution in [0.3, 0.4) is 0 Å². The van der Waals surface area contributed by atoms with Crippen LogP contribution in [0.1, 0.15) is 32.2 Å². The Balaban J connectivity index is 1.54. The van der Waals surface area contributed by atoms with Crippen LogP contribution in [0.15, 0.2) is 108 Å². The zero-order chi connectivity index (χ0) is 26.0. The molecule has 2 unspecified atom stereocenters. The number of rotatable bonds is 7. The van der Waals surface area contributed by atoms with Crippen molar-refractivity contribution in [2.45, 2.75) is 10.8 Å². The first-order chi connectivity index (χ1) is 17.8. The van der Waals surface area contributed by atoms with Gasteiger partial charge in [0.05, 0.1) is 16.4 Å². The van der Waals surface area contributed by atoms with Crippen LogP contribution in [0, 0.1) is 5.92 Å². The summed E-state index contributed by atoms with van der Waals surface area (Å²) in [4.78, 5) is 44.0. The lowest BCUT2D eigenvalue weighted by atomic mass is 9.76. The molecule has 184 valence electrons. The molecular weight excluding hydrogens is 492 g/mol. The van der Waals surface area contributed by atoms with E-state index in [0.29, 0.717) is 11.1 Å². The largest absolute Gasteiger partial charge is 0.425 e. The molecule has 0 aliphatic carbocycles. The number of nitrogens with one attached hydrogen (secondary N) is 1. The van der Waals surface area contributed by atoms with E-state index in [4.69, 9.17) is 4.74 Å². The highest BCUT2D eigenvalue weighted by Crippen LogP contribution is 2.38. The summed E-state index contributed by atoms with van der Waals surface area (Å²) in [6.07, 6.45) is 1.46. The highest BCUT2D eigenvalue weighted by Gasteiger charge is 2.45. The molecule has 2 heterocycles. The number of nitrogens with zero attached hydrogens (tertiary/aromatic N) is 1. The van der Waals surface area contributed by atoms with Crippen molar-refractivity contribution >= 4 is 33.4 Å². The lowest BCUT2D eigenvalue weighted by molar-refractivity contribution is -0.138. The fraction of sp³-hybridized carbons (Fsp3) is 0.0714. The summed E-state index contributed by atoms with van der Waals surface area (Å²) >= 11 is 0. The summed E-state index contributed by atoms with van der Waals surface area (Å²) < 4.78 is 33.5. The number of para-hydroxylation sites is 1. The molecule has 2 atom stereocenters. The van der Waals surface area contributed by atoms with Gasteiger partial charge in [0.2, 0.25) is 0 Å². The van der Waals surface area contributed by atoms with Gasteiger partial charge in [-0.3, -0.25) is 19.1 Å². The molecule has 0 spiro atoms. The van der Waals surface area contributed by atoms with E-state index < -0.39 is 39.4 Å². The van der Waals surface area contributed by atoms with Crippen LogP contribution in [0.25, 0.3) is 0 Å². The predicted octanol–water partition coefficient (Wildman–Crippen LogP) is 4.27. The van der Waals surface area contributed by atoms with E-state index >= 15 is 0 Å². The van der Waals surface area contributed by atoms with Crippen molar-refractivity contribution < 1.29 is 27.5 Å². The Labute approximate surface area is 213 Å². The van der Waals surface area contributed by atoms with Gasteiger partial charge in [0, 0.05) is 11.8 Å². The minimum absolute atomic E-state index is 0.0734.